The summed E-state index contributed by atoms with van der Waals surface area (Å²) in [5.41, 5.74) is 2.70. The zero-order chi connectivity index (χ0) is 23.8. The van der Waals surface area contributed by atoms with Crippen molar-refractivity contribution in [2.45, 2.75) is 13.5 Å². The zero-order valence-corrected chi connectivity index (χ0v) is 18.2. The smallest absolute Gasteiger partial charge is 0.414 e. The van der Waals surface area contributed by atoms with Crippen molar-refractivity contribution in [1.82, 2.24) is 19.8 Å². The van der Waals surface area contributed by atoms with Crippen molar-refractivity contribution >= 4 is 28.9 Å². The molecule has 3 aromatic rings. The summed E-state index contributed by atoms with van der Waals surface area (Å²) < 4.78 is 5.61. The highest BCUT2D eigenvalue weighted by molar-refractivity contribution is 6.27. The molecule has 1 aliphatic rings. The van der Waals surface area contributed by atoms with Crippen LogP contribution < -0.4 is 4.74 Å². The summed E-state index contributed by atoms with van der Waals surface area (Å²) in [4.78, 5) is 43.3. The van der Waals surface area contributed by atoms with Gasteiger partial charge in [0.05, 0.1) is 29.7 Å². The summed E-state index contributed by atoms with van der Waals surface area (Å²) in [6.07, 6.45) is 0. The number of H-pyrrole nitrogens is 1. The Kier molecular flexibility index (Phi) is 7.98. The average Bonchev–Trinajstić information content (AvgIpc) is 3.22. The molecule has 0 aliphatic carbocycles. The number of hydrogen-bond donors (Lipinski definition) is 3. The van der Waals surface area contributed by atoms with Gasteiger partial charge in [0, 0.05) is 26.2 Å². The molecule has 0 saturated carbocycles. The first-order chi connectivity index (χ1) is 15.9. The van der Waals surface area contributed by atoms with Gasteiger partial charge in [-0.05, 0) is 31.2 Å². The number of aromatic nitrogens is 2. The van der Waals surface area contributed by atoms with Crippen molar-refractivity contribution in [2.24, 2.45) is 0 Å². The second kappa shape index (κ2) is 11.1. The Bertz CT molecular complexity index is 1080. The second-order valence-electron chi connectivity index (χ2n) is 7.31. The number of nitrogens with one attached hydrogen (secondary N) is 1. The highest BCUT2D eigenvalue weighted by Gasteiger charge is 2.24. The molecular weight excluding hydrogens is 428 g/mol. The third kappa shape index (κ3) is 6.30. The van der Waals surface area contributed by atoms with Gasteiger partial charge in [-0.2, -0.15) is 0 Å². The van der Waals surface area contributed by atoms with E-state index in [9.17, 15) is 4.79 Å². The summed E-state index contributed by atoms with van der Waals surface area (Å²) in [6.45, 7) is 6.33. The van der Waals surface area contributed by atoms with E-state index in [4.69, 9.17) is 24.5 Å². The van der Waals surface area contributed by atoms with Crippen molar-refractivity contribution in [1.29, 1.82) is 0 Å². The van der Waals surface area contributed by atoms with Gasteiger partial charge in [0.15, 0.2) is 0 Å². The first-order valence-electron chi connectivity index (χ1n) is 10.5. The Labute approximate surface area is 190 Å². The fourth-order valence-electron chi connectivity index (χ4n) is 3.50. The normalized spacial score (nSPS) is 13.8. The van der Waals surface area contributed by atoms with Gasteiger partial charge in [0.25, 0.3) is 5.91 Å². The number of imidazole rings is 1. The van der Waals surface area contributed by atoms with Crippen LogP contribution in [0.25, 0.3) is 11.0 Å². The molecule has 1 aliphatic heterocycles. The Morgan fingerprint density at radius 2 is 1.61 bits per heavy atom. The molecule has 2 aromatic carbocycles. The zero-order valence-electron chi connectivity index (χ0n) is 18.2. The van der Waals surface area contributed by atoms with Gasteiger partial charge >= 0.3 is 11.9 Å². The van der Waals surface area contributed by atoms with Gasteiger partial charge in [-0.1, -0.05) is 24.3 Å². The number of piperazine rings is 1. The third-order valence-corrected chi connectivity index (χ3v) is 5.07. The first kappa shape index (κ1) is 23.7. The molecule has 2 heterocycles. The largest absolute Gasteiger partial charge is 0.493 e. The Morgan fingerprint density at radius 3 is 2.24 bits per heavy atom. The molecule has 4 rings (SSSR count). The predicted molar refractivity (Wildman–Crippen MR) is 120 cm³/mol. The van der Waals surface area contributed by atoms with Gasteiger partial charge in [-0.15, -0.1) is 0 Å². The number of amides is 1. The number of carbonyl (C=O) groups excluding carboxylic acids is 1. The minimum absolute atomic E-state index is 0.0439. The van der Waals surface area contributed by atoms with Crippen LogP contribution in [0.1, 0.15) is 23.1 Å². The lowest BCUT2D eigenvalue weighted by Crippen LogP contribution is -2.48. The monoisotopic (exact) mass is 454 g/mol. The molecule has 10 nitrogen and oxygen atoms in total. The third-order valence-electron chi connectivity index (χ3n) is 5.07. The number of carboxylic acid groups (broad SMARTS) is 2. The van der Waals surface area contributed by atoms with Crippen molar-refractivity contribution in [3.8, 4) is 5.75 Å². The van der Waals surface area contributed by atoms with E-state index in [1.54, 1.807) is 0 Å². The molecule has 10 heteroatoms. The number of ether oxygens (including phenoxy) is 1. The number of para-hydroxylation sites is 3. The topological polar surface area (TPSA) is 136 Å². The molecule has 0 atom stereocenters. The number of hydrogen-bond acceptors (Lipinski definition) is 6. The first-order valence-corrected chi connectivity index (χ1v) is 10.5. The molecule has 0 unspecified atom stereocenters. The molecule has 33 heavy (non-hydrogen) atoms. The summed E-state index contributed by atoms with van der Waals surface area (Å²) in [5.74, 6) is -1.97. The van der Waals surface area contributed by atoms with Crippen LogP contribution in [0.5, 0.6) is 5.75 Å². The number of fused-ring (bicyclic) bond motifs is 1. The molecule has 3 N–H and O–H groups in total. The van der Waals surface area contributed by atoms with Gasteiger partial charge in [0.1, 0.15) is 11.6 Å². The number of carboxylic acids is 2. The maximum atomic E-state index is 12.9. The average molecular weight is 454 g/mol. The molecule has 174 valence electrons. The summed E-state index contributed by atoms with van der Waals surface area (Å²) in [7, 11) is 0. The highest BCUT2D eigenvalue weighted by atomic mass is 16.5. The van der Waals surface area contributed by atoms with E-state index < -0.39 is 11.9 Å². The minimum Gasteiger partial charge on any atom is -0.493 e. The predicted octanol–water partition coefficient (Wildman–Crippen LogP) is 2.08. The quantitative estimate of drug-likeness (QED) is 0.499. The molecule has 1 aromatic heterocycles. The van der Waals surface area contributed by atoms with Gasteiger partial charge in [-0.25, -0.2) is 14.6 Å². The number of nitrogens with zero attached hydrogens (tertiary/aromatic N) is 3. The van der Waals surface area contributed by atoms with Gasteiger partial charge in [0.2, 0.25) is 0 Å². The molecule has 0 bridgehead atoms. The lowest BCUT2D eigenvalue weighted by molar-refractivity contribution is -0.159. The van der Waals surface area contributed by atoms with Crippen molar-refractivity contribution in [3.63, 3.8) is 0 Å². The molecule has 0 spiro atoms. The molecule has 0 radical (unpaired) electrons. The van der Waals surface area contributed by atoms with Gasteiger partial charge in [-0.3, -0.25) is 9.69 Å². The maximum absolute atomic E-state index is 12.9. The standard InChI is InChI=1S/C21H24N4O2.C2H2O4/c1-2-27-19-10-6-3-7-16(19)21(26)25-13-11-24(12-14-25)15-20-22-17-8-4-5-9-18(17)23-20;3-1(4)2(5)6/h3-10H,2,11-15H2,1H3,(H,22,23);(H,3,4)(H,5,6). The SMILES string of the molecule is CCOc1ccccc1C(=O)N1CCN(Cc2nc3ccccc3[nH]2)CC1.O=C(O)C(=O)O. The van der Waals surface area contributed by atoms with E-state index in [1.807, 2.05) is 60.4 Å². The van der Waals surface area contributed by atoms with Crippen LogP contribution in [0.3, 0.4) is 0 Å². The van der Waals surface area contributed by atoms with E-state index in [0.717, 1.165) is 36.5 Å². The second-order valence-corrected chi connectivity index (χ2v) is 7.31. The van der Waals surface area contributed by atoms with Crippen LogP contribution >= 0.6 is 0 Å². The van der Waals surface area contributed by atoms with Crippen LogP contribution in [0, 0.1) is 0 Å². The fourth-order valence-corrected chi connectivity index (χ4v) is 3.50. The maximum Gasteiger partial charge on any atom is 0.414 e. The number of rotatable bonds is 5. The van der Waals surface area contributed by atoms with Crippen LogP contribution in [-0.4, -0.2) is 80.6 Å². The van der Waals surface area contributed by atoms with Gasteiger partial charge < -0.3 is 24.8 Å². The van der Waals surface area contributed by atoms with E-state index >= 15 is 0 Å². The van der Waals surface area contributed by atoms with E-state index in [-0.39, 0.29) is 5.91 Å². The minimum atomic E-state index is -1.82. The highest BCUT2D eigenvalue weighted by Crippen LogP contribution is 2.21. The number of aromatic amines is 1. The molecular formula is C23H26N4O6. The lowest BCUT2D eigenvalue weighted by atomic mass is 10.1. The number of carbonyl (C=O) groups is 3. The Hall–Kier alpha value is -3.92. The summed E-state index contributed by atoms with van der Waals surface area (Å²) in [5, 5.41) is 14.8. The van der Waals surface area contributed by atoms with E-state index in [2.05, 4.69) is 14.9 Å². The van der Waals surface area contributed by atoms with Crippen molar-refractivity contribution < 1.29 is 29.3 Å². The van der Waals surface area contributed by atoms with E-state index in [0.29, 0.717) is 31.0 Å². The number of aliphatic carboxylic acids is 2. The van der Waals surface area contributed by atoms with Crippen LogP contribution in [0.4, 0.5) is 0 Å². The van der Waals surface area contributed by atoms with Crippen LogP contribution in [0.15, 0.2) is 48.5 Å². The Morgan fingerprint density at radius 1 is 0.970 bits per heavy atom. The van der Waals surface area contributed by atoms with Crippen molar-refractivity contribution in [2.75, 3.05) is 32.8 Å². The number of benzene rings is 2. The molecule has 1 saturated heterocycles. The van der Waals surface area contributed by atoms with E-state index in [1.165, 1.54) is 0 Å². The lowest BCUT2D eigenvalue weighted by Gasteiger charge is -2.34. The molecule has 1 amide bonds. The fraction of sp³-hybridized carbons (Fsp3) is 0.304. The van der Waals surface area contributed by atoms with Crippen molar-refractivity contribution in [3.05, 3.63) is 59.9 Å². The van der Waals surface area contributed by atoms with Crippen LogP contribution in [0.2, 0.25) is 0 Å². The summed E-state index contributed by atoms with van der Waals surface area (Å²) >= 11 is 0. The Balaban J connectivity index is 0.000000454. The van der Waals surface area contributed by atoms with Crippen LogP contribution in [-0.2, 0) is 16.1 Å². The molecule has 1 fully saturated rings. The summed E-state index contributed by atoms with van der Waals surface area (Å²) in [6, 6.07) is 15.5.